The van der Waals surface area contributed by atoms with E-state index in [1.165, 1.54) is 19.2 Å². The second-order valence-corrected chi connectivity index (χ2v) is 19.9. The van der Waals surface area contributed by atoms with Gasteiger partial charge in [0.2, 0.25) is 17.5 Å². The van der Waals surface area contributed by atoms with Crippen LogP contribution in [0, 0.1) is 51.5 Å². The van der Waals surface area contributed by atoms with Crippen LogP contribution in [0.15, 0.2) is 24.3 Å². The lowest BCUT2D eigenvalue weighted by Gasteiger charge is -2.60. The predicted octanol–water partition coefficient (Wildman–Crippen LogP) is 6.87. The summed E-state index contributed by atoms with van der Waals surface area (Å²) >= 11 is 0. The number of amides is 1. The molecule has 5 unspecified atom stereocenters. The number of hydrogen-bond donors (Lipinski definition) is 1. The van der Waals surface area contributed by atoms with Crippen LogP contribution in [0.25, 0.3) is 0 Å². The Morgan fingerprint density at radius 2 is 1.48 bits per heavy atom. The molecular formula is C45H65N3O13. The number of non-ortho nitro benzene ring substituents is 1. The molecular weight excluding hydrogens is 791 g/mol. The van der Waals surface area contributed by atoms with E-state index in [1.54, 1.807) is 12.1 Å². The van der Waals surface area contributed by atoms with E-state index in [9.17, 15) is 19.7 Å². The largest absolute Gasteiger partial charge is 0.468 e. The number of nitrogens with one attached hydrogen (secondary N) is 1. The average Bonchev–Trinajstić information content (AvgIpc) is 3.62. The predicted molar refractivity (Wildman–Crippen MR) is 217 cm³/mol. The van der Waals surface area contributed by atoms with E-state index < -0.39 is 52.3 Å². The van der Waals surface area contributed by atoms with Gasteiger partial charge in [-0.3, -0.25) is 19.7 Å². The lowest BCUT2D eigenvalue weighted by Crippen LogP contribution is -2.70. The molecule has 10 aliphatic rings. The summed E-state index contributed by atoms with van der Waals surface area (Å²) in [5.74, 6) is -1.15. The Hall–Kier alpha value is -2.96. The van der Waals surface area contributed by atoms with Crippen molar-refractivity contribution in [2.45, 2.75) is 172 Å². The minimum Gasteiger partial charge on any atom is -0.468 e. The third kappa shape index (κ3) is 7.48. The number of hydrogen-bond acceptors (Lipinski definition) is 14. The fourth-order valence-electron chi connectivity index (χ4n) is 13.1. The highest BCUT2D eigenvalue weighted by atomic mass is 17.3. The molecule has 16 heteroatoms. The topological polar surface area (TPSA) is 176 Å². The van der Waals surface area contributed by atoms with Crippen LogP contribution in [0.1, 0.15) is 118 Å². The maximum atomic E-state index is 14.4. The van der Waals surface area contributed by atoms with E-state index in [1.807, 2.05) is 18.7 Å². The van der Waals surface area contributed by atoms with E-state index in [2.05, 4.69) is 26.1 Å². The van der Waals surface area contributed by atoms with Gasteiger partial charge in [0.1, 0.15) is 12.6 Å². The average molecular weight is 856 g/mol. The van der Waals surface area contributed by atoms with Crippen molar-refractivity contribution in [1.82, 2.24) is 5.32 Å². The molecule has 16 atom stereocenters. The molecule has 1 amide bonds. The number of ether oxygens (including phenoxy) is 5. The molecule has 1 aromatic carbocycles. The Kier molecular flexibility index (Phi) is 11.7. The molecule has 10 fully saturated rings. The number of methoxy groups -OCH3 is 1. The van der Waals surface area contributed by atoms with Gasteiger partial charge in [-0.05, 0) is 120 Å². The Labute approximate surface area is 358 Å². The van der Waals surface area contributed by atoms with Gasteiger partial charge < -0.3 is 33.9 Å². The van der Waals surface area contributed by atoms with E-state index in [-0.39, 0.29) is 65.9 Å². The van der Waals surface area contributed by atoms with Crippen LogP contribution in [-0.2, 0) is 52.8 Å². The van der Waals surface area contributed by atoms with Crippen molar-refractivity contribution >= 4 is 23.3 Å². The summed E-state index contributed by atoms with van der Waals surface area (Å²) in [6, 6.07) is 5.55. The van der Waals surface area contributed by atoms with Gasteiger partial charge in [0.25, 0.3) is 5.69 Å². The summed E-state index contributed by atoms with van der Waals surface area (Å²) in [4.78, 5) is 64.8. The Bertz CT molecular complexity index is 1800. The number of nitro benzene ring substituents is 1. The molecule has 0 radical (unpaired) electrons. The molecule has 8 saturated heterocycles. The number of nitrogens with zero attached hydrogens (tertiary/aromatic N) is 2. The van der Waals surface area contributed by atoms with Gasteiger partial charge in [-0.15, -0.1) is 0 Å². The van der Waals surface area contributed by atoms with E-state index in [0.717, 1.165) is 57.8 Å². The minimum absolute atomic E-state index is 0.0480. The van der Waals surface area contributed by atoms with Crippen LogP contribution in [0.2, 0.25) is 0 Å². The molecule has 0 aromatic heterocycles. The standard InChI is InChI=1S/C45H65N3O13/c1-26-12-17-34-28(3)36(54-41-45(34)32(26)21-23-43(5,57-41)59-61-45)11-8-24-47(30-13-15-31(16-14-30)48(51)52)35(39(50)46-25-38(49)53-6)18-19-37-27(2)33-10-7-9-29-20-22-42(4)56-40(55-37)44(29,33)60-58-42/h13-16,26-29,32-37,40-41H,7-12,17-25H2,1-6H3,(H,46,50)/t26-,27-,28-,29?,32?,33?,34?,35?,36-,37-,40-,41-,42+,43+,44-,45-/m1/s1. The first-order valence-corrected chi connectivity index (χ1v) is 23.0. The van der Waals surface area contributed by atoms with Crippen LogP contribution in [0.5, 0.6) is 0 Å². The molecule has 2 spiro atoms. The first-order chi connectivity index (χ1) is 29.2. The summed E-state index contributed by atoms with van der Waals surface area (Å²) in [6.45, 7) is 10.7. The molecule has 8 heterocycles. The van der Waals surface area contributed by atoms with Gasteiger partial charge in [-0.1, -0.05) is 27.2 Å². The second-order valence-electron chi connectivity index (χ2n) is 19.9. The van der Waals surface area contributed by atoms with Crippen LogP contribution in [0.4, 0.5) is 11.4 Å². The normalized spacial score (nSPS) is 43.8. The summed E-state index contributed by atoms with van der Waals surface area (Å²) in [7, 11) is 1.28. The highest BCUT2D eigenvalue weighted by Gasteiger charge is 2.70. The number of benzene rings is 1. The van der Waals surface area contributed by atoms with Crippen LogP contribution in [-0.4, -0.2) is 90.6 Å². The number of carbonyl (C=O) groups excluding carboxylic acids is 2. The lowest BCUT2D eigenvalue weighted by molar-refractivity contribution is -0.571. The van der Waals surface area contributed by atoms with E-state index in [4.69, 9.17) is 43.2 Å². The van der Waals surface area contributed by atoms with Crippen molar-refractivity contribution in [3.8, 4) is 0 Å². The van der Waals surface area contributed by atoms with Crippen molar-refractivity contribution < 1.29 is 57.7 Å². The van der Waals surface area contributed by atoms with Crippen LogP contribution in [0.3, 0.4) is 0 Å². The number of carbonyl (C=O) groups is 2. The monoisotopic (exact) mass is 855 g/mol. The van der Waals surface area contributed by atoms with Crippen molar-refractivity contribution in [2.75, 3.05) is 25.1 Å². The molecule has 2 saturated carbocycles. The zero-order valence-electron chi connectivity index (χ0n) is 36.5. The summed E-state index contributed by atoms with van der Waals surface area (Å²) < 4.78 is 31.9. The highest BCUT2D eigenvalue weighted by molar-refractivity contribution is 5.88. The Morgan fingerprint density at radius 1 is 0.836 bits per heavy atom. The van der Waals surface area contributed by atoms with E-state index in [0.29, 0.717) is 43.8 Å². The molecule has 1 aromatic rings. The zero-order chi connectivity index (χ0) is 42.9. The summed E-state index contributed by atoms with van der Waals surface area (Å²) in [5.41, 5.74) is -0.736. The molecule has 4 bridgehead atoms. The number of rotatable bonds is 13. The van der Waals surface area contributed by atoms with Gasteiger partial charge >= 0.3 is 5.97 Å². The first-order valence-electron chi connectivity index (χ1n) is 23.0. The van der Waals surface area contributed by atoms with Crippen LogP contribution >= 0.6 is 0 Å². The maximum absolute atomic E-state index is 14.4. The Morgan fingerprint density at radius 3 is 2.16 bits per heavy atom. The SMILES string of the molecule is COC(=O)CNC(=O)C(CC[C@H]1O[C@@H]2O[C@]3(C)CCC4CCCC([C@H]1C)[C@]42OO3)N(CCC[C@H]1O[C@@H]2O[C@]3(C)CCC4[C@H](C)CCC([C@H]1C)[C@]42OO3)c1ccc([N+](=O)[O-])cc1. The van der Waals surface area contributed by atoms with Gasteiger partial charge in [0.05, 0.1) is 24.2 Å². The third-order valence-corrected chi connectivity index (χ3v) is 16.5. The van der Waals surface area contributed by atoms with Crippen molar-refractivity contribution in [2.24, 2.45) is 41.4 Å². The third-order valence-electron chi connectivity index (χ3n) is 16.5. The number of esters is 1. The van der Waals surface area contributed by atoms with Crippen molar-refractivity contribution in [3.05, 3.63) is 34.4 Å². The maximum Gasteiger partial charge on any atom is 0.325 e. The number of nitro groups is 1. The fraction of sp³-hybridized carbons (Fsp3) is 0.822. The molecule has 1 N–H and O–H groups in total. The quantitative estimate of drug-likeness (QED) is 0.0941. The Balaban J connectivity index is 0.968. The van der Waals surface area contributed by atoms with Crippen LogP contribution < -0.4 is 10.2 Å². The molecule has 2 aliphatic carbocycles. The smallest absolute Gasteiger partial charge is 0.325 e. The second kappa shape index (κ2) is 16.5. The molecule has 61 heavy (non-hydrogen) atoms. The summed E-state index contributed by atoms with van der Waals surface area (Å²) in [6.07, 6.45) is 9.19. The molecule has 8 aliphatic heterocycles. The van der Waals surface area contributed by atoms with Gasteiger partial charge in [0, 0.05) is 49.0 Å². The number of anilines is 1. The van der Waals surface area contributed by atoms with Crippen molar-refractivity contribution in [1.29, 1.82) is 0 Å². The van der Waals surface area contributed by atoms with Gasteiger partial charge in [0.15, 0.2) is 23.8 Å². The first kappa shape index (κ1) is 43.3. The van der Waals surface area contributed by atoms with Gasteiger partial charge in [-0.2, -0.15) is 0 Å². The number of fused-ring (bicyclic) bond motifs is 4. The van der Waals surface area contributed by atoms with Crippen molar-refractivity contribution in [3.63, 3.8) is 0 Å². The molecule has 11 rings (SSSR count). The molecule has 16 nitrogen and oxygen atoms in total. The minimum atomic E-state index is -0.899. The highest BCUT2D eigenvalue weighted by Crippen LogP contribution is 2.62. The van der Waals surface area contributed by atoms with E-state index >= 15 is 0 Å². The fourth-order valence-corrected chi connectivity index (χ4v) is 13.1. The van der Waals surface area contributed by atoms with Gasteiger partial charge in [-0.25, -0.2) is 19.6 Å². The zero-order valence-corrected chi connectivity index (χ0v) is 36.5. The molecule has 338 valence electrons. The lowest BCUT2D eigenvalue weighted by atomic mass is 9.57. The summed E-state index contributed by atoms with van der Waals surface area (Å²) in [5, 5.41) is 14.6.